The minimum absolute atomic E-state index is 0.0879. The van der Waals surface area contributed by atoms with Crippen molar-refractivity contribution >= 4 is 26.8 Å². The summed E-state index contributed by atoms with van der Waals surface area (Å²) in [6.07, 6.45) is 4.01. The molecule has 3 heterocycles. The highest BCUT2D eigenvalue weighted by Crippen LogP contribution is 2.26. The highest BCUT2D eigenvalue weighted by atomic mass is 32.2. The third-order valence-corrected chi connectivity index (χ3v) is 6.48. The number of pyridine rings is 1. The van der Waals surface area contributed by atoms with Crippen LogP contribution in [0.2, 0.25) is 0 Å². The number of benzene rings is 1. The van der Waals surface area contributed by atoms with E-state index in [0.29, 0.717) is 25.9 Å². The Morgan fingerprint density at radius 2 is 2.00 bits per heavy atom. The second kappa shape index (κ2) is 7.85. The number of carbonyl (C=O) groups is 1. The van der Waals surface area contributed by atoms with E-state index in [-0.39, 0.29) is 12.5 Å². The lowest BCUT2D eigenvalue weighted by Gasteiger charge is -2.30. The Hall–Kier alpha value is -2.71. The molecular formula is C22H26N4O3S. The van der Waals surface area contributed by atoms with Crippen molar-refractivity contribution in [2.45, 2.75) is 39.8 Å². The third-order valence-electron chi connectivity index (χ3n) is 5.81. The predicted molar refractivity (Wildman–Crippen MR) is 117 cm³/mol. The van der Waals surface area contributed by atoms with Crippen LogP contribution in [0, 0.1) is 13.8 Å². The Morgan fingerprint density at radius 3 is 2.77 bits per heavy atom. The molecule has 4 rings (SSSR count). The standard InChI is InChI=1S/C22H26N4O3S/c1-14-20(12-24-30(3,28)29)17-8-9-26(13-16(17)11-23-14)22(27)10-19-15(2)25-21-7-5-4-6-18(19)21/h4-7,11,24-25H,8-10,12-13H2,1-3H3. The first-order valence-corrected chi connectivity index (χ1v) is 11.9. The van der Waals surface area contributed by atoms with Crippen LogP contribution in [0.25, 0.3) is 10.9 Å². The second-order valence-corrected chi connectivity index (χ2v) is 9.77. The van der Waals surface area contributed by atoms with E-state index in [1.165, 1.54) is 0 Å². The molecule has 2 aromatic heterocycles. The number of aromatic nitrogens is 2. The number of fused-ring (bicyclic) bond motifs is 2. The number of aromatic amines is 1. The van der Waals surface area contributed by atoms with Crippen LogP contribution in [0.15, 0.2) is 30.5 Å². The van der Waals surface area contributed by atoms with Crippen molar-refractivity contribution in [3.63, 3.8) is 0 Å². The molecule has 3 aromatic rings. The van der Waals surface area contributed by atoms with Gasteiger partial charge >= 0.3 is 0 Å². The highest BCUT2D eigenvalue weighted by molar-refractivity contribution is 7.88. The summed E-state index contributed by atoms with van der Waals surface area (Å²) in [5.74, 6) is 0.0879. The molecule has 30 heavy (non-hydrogen) atoms. The molecule has 0 radical (unpaired) electrons. The highest BCUT2D eigenvalue weighted by Gasteiger charge is 2.25. The molecule has 2 N–H and O–H groups in total. The van der Waals surface area contributed by atoms with Crippen LogP contribution >= 0.6 is 0 Å². The number of H-pyrrole nitrogens is 1. The van der Waals surface area contributed by atoms with Gasteiger partial charge in [-0.25, -0.2) is 13.1 Å². The lowest BCUT2D eigenvalue weighted by atomic mass is 9.94. The van der Waals surface area contributed by atoms with Crippen molar-refractivity contribution < 1.29 is 13.2 Å². The second-order valence-electron chi connectivity index (χ2n) is 7.94. The van der Waals surface area contributed by atoms with Crippen LogP contribution in [0.1, 0.15) is 33.6 Å². The molecule has 1 aliphatic rings. The molecule has 7 nitrogen and oxygen atoms in total. The van der Waals surface area contributed by atoms with Gasteiger partial charge in [0.25, 0.3) is 0 Å². The van der Waals surface area contributed by atoms with Gasteiger partial charge in [-0.15, -0.1) is 0 Å². The number of nitrogens with zero attached hydrogens (tertiary/aromatic N) is 2. The molecule has 1 aromatic carbocycles. The van der Waals surface area contributed by atoms with Gasteiger partial charge < -0.3 is 9.88 Å². The minimum Gasteiger partial charge on any atom is -0.358 e. The number of sulfonamides is 1. The average Bonchev–Trinajstić information content (AvgIpc) is 3.01. The predicted octanol–water partition coefficient (Wildman–Crippen LogP) is 2.36. The first-order valence-electron chi connectivity index (χ1n) is 9.98. The average molecular weight is 427 g/mol. The van der Waals surface area contributed by atoms with E-state index in [2.05, 4.69) is 14.7 Å². The lowest BCUT2D eigenvalue weighted by molar-refractivity contribution is -0.131. The fourth-order valence-corrected chi connectivity index (χ4v) is 4.60. The molecule has 8 heteroatoms. The SMILES string of the molecule is Cc1ncc2c(c1CNS(C)(=O)=O)CCN(C(=O)Cc1c(C)[nH]c3ccccc13)C2. The van der Waals surface area contributed by atoms with Crippen molar-refractivity contribution in [2.75, 3.05) is 12.8 Å². The number of nitrogens with one attached hydrogen (secondary N) is 2. The van der Waals surface area contributed by atoms with Crippen molar-refractivity contribution in [1.82, 2.24) is 19.6 Å². The number of rotatable bonds is 5. The fraction of sp³-hybridized carbons (Fsp3) is 0.364. The number of para-hydroxylation sites is 1. The van der Waals surface area contributed by atoms with E-state index in [0.717, 1.165) is 50.8 Å². The van der Waals surface area contributed by atoms with Crippen LogP contribution in [0.4, 0.5) is 0 Å². The van der Waals surface area contributed by atoms with Crippen LogP contribution in [-0.4, -0.2) is 42.0 Å². The quantitative estimate of drug-likeness (QED) is 0.655. The molecule has 0 atom stereocenters. The van der Waals surface area contributed by atoms with Crippen LogP contribution < -0.4 is 4.72 Å². The Bertz CT molecular complexity index is 1230. The summed E-state index contributed by atoms with van der Waals surface area (Å²) in [5, 5.41) is 1.09. The largest absolute Gasteiger partial charge is 0.358 e. The first-order chi connectivity index (χ1) is 14.2. The molecule has 0 saturated heterocycles. The van der Waals surface area contributed by atoms with Gasteiger partial charge in [0, 0.05) is 48.1 Å². The maximum atomic E-state index is 13.1. The fourth-order valence-electron chi connectivity index (χ4n) is 4.20. The van der Waals surface area contributed by atoms with Gasteiger partial charge in [-0.05, 0) is 48.6 Å². The summed E-state index contributed by atoms with van der Waals surface area (Å²) in [4.78, 5) is 22.7. The first kappa shape index (κ1) is 20.6. The van der Waals surface area contributed by atoms with Crippen molar-refractivity contribution in [3.05, 3.63) is 64.1 Å². The van der Waals surface area contributed by atoms with Crippen molar-refractivity contribution in [3.8, 4) is 0 Å². The number of hydrogen-bond donors (Lipinski definition) is 2. The molecule has 158 valence electrons. The maximum absolute atomic E-state index is 13.1. The van der Waals surface area contributed by atoms with Gasteiger partial charge in [-0.2, -0.15) is 0 Å². The van der Waals surface area contributed by atoms with Gasteiger partial charge in [0.05, 0.1) is 12.7 Å². The van der Waals surface area contributed by atoms with Gasteiger partial charge in [-0.1, -0.05) is 18.2 Å². The van der Waals surface area contributed by atoms with Gasteiger partial charge in [0.1, 0.15) is 0 Å². The molecule has 0 saturated carbocycles. The lowest BCUT2D eigenvalue weighted by Crippen LogP contribution is -2.38. The topological polar surface area (TPSA) is 95.2 Å². The summed E-state index contributed by atoms with van der Waals surface area (Å²) < 4.78 is 25.6. The maximum Gasteiger partial charge on any atom is 0.227 e. The van der Waals surface area contributed by atoms with Crippen molar-refractivity contribution in [1.29, 1.82) is 0 Å². The zero-order valence-corrected chi connectivity index (χ0v) is 18.3. The third kappa shape index (κ3) is 4.11. The summed E-state index contributed by atoms with van der Waals surface area (Å²) >= 11 is 0. The number of aryl methyl sites for hydroxylation is 2. The Morgan fingerprint density at radius 1 is 1.23 bits per heavy atom. The van der Waals surface area contributed by atoms with Crippen LogP contribution in [0.5, 0.6) is 0 Å². The summed E-state index contributed by atoms with van der Waals surface area (Å²) in [5.41, 5.74) is 6.93. The van der Waals surface area contributed by atoms with Gasteiger partial charge in [0.2, 0.25) is 15.9 Å². The molecular weight excluding hydrogens is 400 g/mol. The Labute approximate surface area is 176 Å². The molecule has 0 spiro atoms. The summed E-state index contributed by atoms with van der Waals surface area (Å²) in [6.45, 7) is 5.22. The van der Waals surface area contributed by atoms with Gasteiger partial charge in [-0.3, -0.25) is 9.78 Å². The van der Waals surface area contributed by atoms with E-state index < -0.39 is 10.0 Å². The molecule has 0 bridgehead atoms. The van der Waals surface area contributed by atoms with E-state index in [9.17, 15) is 13.2 Å². The van der Waals surface area contributed by atoms with E-state index in [1.54, 1.807) is 0 Å². The molecule has 1 aliphatic heterocycles. The van der Waals surface area contributed by atoms with Gasteiger partial charge in [0.15, 0.2) is 0 Å². The number of carbonyl (C=O) groups excluding carboxylic acids is 1. The molecule has 0 fully saturated rings. The minimum atomic E-state index is -3.29. The molecule has 0 unspecified atom stereocenters. The van der Waals surface area contributed by atoms with E-state index in [1.807, 2.05) is 49.2 Å². The molecule has 1 amide bonds. The zero-order chi connectivity index (χ0) is 21.5. The number of hydrogen-bond acceptors (Lipinski definition) is 4. The summed E-state index contributed by atoms with van der Waals surface area (Å²) in [7, 11) is -3.29. The number of amides is 1. The summed E-state index contributed by atoms with van der Waals surface area (Å²) in [6, 6.07) is 8.03. The smallest absolute Gasteiger partial charge is 0.227 e. The monoisotopic (exact) mass is 426 g/mol. The zero-order valence-electron chi connectivity index (χ0n) is 17.4. The van der Waals surface area contributed by atoms with E-state index in [4.69, 9.17) is 0 Å². The normalized spacial score (nSPS) is 14.2. The van der Waals surface area contributed by atoms with E-state index >= 15 is 0 Å². The van der Waals surface area contributed by atoms with Crippen LogP contribution in [0.3, 0.4) is 0 Å². The molecule has 0 aliphatic carbocycles. The van der Waals surface area contributed by atoms with Crippen LogP contribution in [-0.2, 0) is 40.7 Å². The Balaban J connectivity index is 1.54. The van der Waals surface area contributed by atoms with Crippen molar-refractivity contribution in [2.24, 2.45) is 0 Å². The Kier molecular flexibility index (Phi) is 5.38.